The van der Waals surface area contributed by atoms with E-state index in [2.05, 4.69) is 20.9 Å². The summed E-state index contributed by atoms with van der Waals surface area (Å²) in [5.74, 6) is 0.850. The van der Waals surface area contributed by atoms with Crippen LogP contribution in [0.1, 0.15) is 37.9 Å². The molecule has 1 aliphatic rings. The molecule has 1 aliphatic carbocycles. The molecule has 2 heterocycles. The Morgan fingerprint density at radius 2 is 1.97 bits per heavy atom. The highest BCUT2D eigenvalue weighted by atomic mass is 16.5. The zero-order valence-electron chi connectivity index (χ0n) is 19.2. The number of hydrogen-bond donors (Lipinski definition) is 2. The third kappa shape index (κ3) is 4.29. The van der Waals surface area contributed by atoms with Crippen molar-refractivity contribution in [2.24, 2.45) is 0 Å². The molecule has 0 atom stereocenters. The molecule has 0 aliphatic heterocycles. The summed E-state index contributed by atoms with van der Waals surface area (Å²) in [6.07, 6.45) is 4.64. The first-order valence-corrected chi connectivity index (χ1v) is 11.6. The second-order valence-electron chi connectivity index (χ2n) is 8.43. The van der Waals surface area contributed by atoms with Crippen molar-refractivity contribution in [3.8, 4) is 17.0 Å². The van der Waals surface area contributed by atoms with Gasteiger partial charge in [0.1, 0.15) is 12.4 Å². The van der Waals surface area contributed by atoms with Crippen LogP contribution in [0.15, 0.2) is 66.9 Å². The van der Waals surface area contributed by atoms with Crippen molar-refractivity contribution >= 4 is 28.4 Å². The van der Waals surface area contributed by atoms with Gasteiger partial charge in [0.25, 0.3) is 0 Å². The molecule has 0 saturated heterocycles. The number of fused-ring (bicyclic) bond motifs is 1. The summed E-state index contributed by atoms with van der Waals surface area (Å²) >= 11 is 0. The molecule has 0 bridgehead atoms. The maximum Gasteiger partial charge on any atom is 0.412 e. The van der Waals surface area contributed by atoms with E-state index < -0.39 is 6.09 Å². The third-order valence-corrected chi connectivity index (χ3v) is 6.25. The first kappa shape index (κ1) is 21.8. The smallest absolute Gasteiger partial charge is 0.412 e. The van der Waals surface area contributed by atoms with Crippen LogP contribution in [0, 0.1) is 0 Å². The van der Waals surface area contributed by atoms with Crippen LogP contribution in [0.5, 0.6) is 5.75 Å². The first-order valence-electron chi connectivity index (χ1n) is 11.6. The van der Waals surface area contributed by atoms with Gasteiger partial charge in [0, 0.05) is 34.9 Å². The van der Waals surface area contributed by atoms with Crippen molar-refractivity contribution in [3.63, 3.8) is 0 Å². The minimum absolute atomic E-state index is 0.118. The molecule has 1 saturated carbocycles. The Kier molecular flexibility index (Phi) is 6.08. The van der Waals surface area contributed by atoms with Crippen LogP contribution in [0.3, 0.4) is 0 Å². The van der Waals surface area contributed by atoms with E-state index in [1.54, 1.807) is 6.20 Å². The molecular formula is C27H28N4O3. The summed E-state index contributed by atoms with van der Waals surface area (Å²) in [5.41, 5.74) is 11.9. The highest BCUT2D eigenvalue weighted by Gasteiger charge is 2.27. The normalized spacial score (nSPS) is 13.4. The van der Waals surface area contributed by atoms with E-state index in [1.807, 2.05) is 61.5 Å². The molecule has 7 heteroatoms. The average Bonchev–Trinajstić information content (AvgIpc) is 3.10. The largest absolute Gasteiger partial charge is 0.494 e. The lowest BCUT2D eigenvalue weighted by Crippen LogP contribution is -2.18. The highest BCUT2D eigenvalue weighted by Crippen LogP contribution is 2.44. The van der Waals surface area contributed by atoms with Gasteiger partial charge in [-0.1, -0.05) is 18.2 Å². The number of aromatic nitrogens is 2. The van der Waals surface area contributed by atoms with E-state index in [4.69, 9.17) is 15.2 Å². The minimum atomic E-state index is -0.523. The standard InChI is InChI=1S/C27H28N4O3/c1-2-33-22-13-14-23-24(16-22)31(21-7-5-8-21)26(25(23)28)18-9-11-19(12-10-18)30-27(32)34-17-20-6-3-4-15-29-20/h3-4,6,9-16,21H,2,5,7-8,17,28H2,1H3,(H,30,32). The zero-order valence-corrected chi connectivity index (χ0v) is 19.2. The molecule has 5 rings (SSSR count). The Morgan fingerprint density at radius 3 is 2.65 bits per heavy atom. The number of carbonyl (C=O) groups excluding carboxylic acids is 1. The van der Waals surface area contributed by atoms with Gasteiger partial charge in [-0.2, -0.15) is 0 Å². The third-order valence-electron chi connectivity index (χ3n) is 6.25. The van der Waals surface area contributed by atoms with Crippen molar-refractivity contribution in [2.45, 2.75) is 38.8 Å². The number of nitrogens with two attached hydrogens (primary N) is 1. The monoisotopic (exact) mass is 456 g/mol. The molecule has 4 aromatic rings. The van der Waals surface area contributed by atoms with Crippen LogP contribution in [0.2, 0.25) is 0 Å². The number of nitrogen functional groups attached to an aromatic ring is 1. The van der Waals surface area contributed by atoms with Crippen molar-refractivity contribution in [3.05, 3.63) is 72.6 Å². The Labute approximate surface area is 198 Å². The fourth-order valence-electron chi connectivity index (χ4n) is 4.38. The summed E-state index contributed by atoms with van der Waals surface area (Å²) in [7, 11) is 0. The average molecular weight is 457 g/mol. The van der Waals surface area contributed by atoms with Gasteiger partial charge in [-0.15, -0.1) is 0 Å². The maximum atomic E-state index is 12.2. The molecule has 3 N–H and O–H groups in total. The number of benzene rings is 2. The number of anilines is 2. The van der Waals surface area contributed by atoms with Gasteiger partial charge in [-0.25, -0.2) is 4.79 Å². The highest BCUT2D eigenvalue weighted by molar-refractivity contribution is 6.01. The van der Waals surface area contributed by atoms with E-state index in [9.17, 15) is 4.79 Å². The number of amides is 1. The fraction of sp³-hybridized carbons (Fsp3) is 0.259. The summed E-state index contributed by atoms with van der Waals surface area (Å²) in [4.78, 5) is 16.3. The van der Waals surface area contributed by atoms with Crippen LogP contribution < -0.4 is 15.8 Å². The molecular weight excluding hydrogens is 428 g/mol. The number of hydrogen-bond acceptors (Lipinski definition) is 5. The molecule has 1 fully saturated rings. The van der Waals surface area contributed by atoms with Crippen LogP contribution in [-0.4, -0.2) is 22.3 Å². The van der Waals surface area contributed by atoms with Crippen LogP contribution >= 0.6 is 0 Å². The van der Waals surface area contributed by atoms with E-state index in [0.29, 0.717) is 24.0 Å². The molecule has 2 aromatic carbocycles. The topological polar surface area (TPSA) is 91.4 Å². The van der Waals surface area contributed by atoms with Gasteiger partial charge in [0.15, 0.2) is 0 Å². The van der Waals surface area contributed by atoms with Gasteiger partial charge < -0.3 is 19.8 Å². The lowest BCUT2D eigenvalue weighted by Gasteiger charge is -2.30. The number of pyridine rings is 1. The predicted octanol–water partition coefficient (Wildman–Crippen LogP) is 6.16. The number of ether oxygens (including phenoxy) is 2. The zero-order chi connectivity index (χ0) is 23.5. The second-order valence-corrected chi connectivity index (χ2v) is 8.43. The Balaban J connectivity index is 1.39. The second kappa shape index (κ2) is 9.47. The van der Waals surface area contributed by atoms with E-state index >= 15 is 0 Å². The number of nitrogens with zero attached hydrogens (tertiary/aromatic N) is 2. The Hall–Kier alpha value is -4.00. The SMILES string of the molecule is CCOc1ccc2c(N)c(-c3ccc(NC(=O)OCc4ccccn4)cc3)n(C3CCC3)c2c1. The number of carbonyl (C=O) groups is 1. The van der Waals surface area contributed by atoms with Crippen molar-refractivity contribution in [1.82, 2.24) is 9.55 Å². The van der Waals surface area contributed by atoms with Crippen molar-refractivity contribution in [2.75, 3.05) is 17.7 Å². The Bertz CT molecular complexity index is 1300. The fourth-order valence-corrected chi connectivity index (χ4v) is 4.38. The molecule has 34 heavy (non-hydrogen) atoms. The van der Waals surface area contributed by atoms with Crippen LogP contribution in [0.25, 0.3) is 22.2 Å². The molecule has 0 radical (unpaired) electrons. The maximum absolute atomic E-state index is 12.2. The van der Waals surface area contributed by atoms with Crippen LogP contribution in [0.4, 0.5) is 16.2 Å². The summed E-state index contributed by atoms with van der Waals surface area (Å²) in [5, 5.41) is 3.80. The molecule has 174 valence electrons. The number of rotatable bonds is 7. The van der Waals surface area contributed by atoms with Gasteiger partial charge >= 0.3 is 6.09 Å². The summed E-state index contributed by atoms with van der Waals surface area (Å²) < 4.78 is 13.4. The lowest BCUT2D eigenvalue weighted by atomic mass is 9.92. The lowest BCUT2D eigenvalue weighted by molar-refractivity contribution is 0.153. The molecule has 0 unspecified atom stereocenters. The van der Waals surface area contributed by atoms with E-state index in [0.717, 1.165) is 46.4 Å². The predicted molar refractivity (Wildman–Crippen MR) is 134 cm³/mol. The minimum Gasteiger partial charge on any atom is -0.494 e. The molecule has 7 nitrogen and oxygen atoms in total. The van der Waals surface area contributed by atoms with Crippen molar-refractivity contribution in [1.29, 1.82) is 0 Å². The molecule has 2 aromatic heterocycles. The first-order chi connectivity index (χ1) is 16.6. The van der Waals surface area contributed by atoms with Gasteiger partial charge in [-0.05, 0) is 62.6 Å². The quantitative estimate of drug-likeness (QED) is 0.348. The summed E-state index contributed by atoms with van der Waals surface area (Å²) in [6.45, 7) is 2.72. The number of nitrogens with one attached hydrogen (secondary N) is 1. The molecule has 1 amide bonds. The Morgan fingerprint density at radius 1 is 1.15 bits per heavy atom. The van der Waals surface area contributed by atoms with Gasteiger partial charge in [0.05, 0.1) is 29.2 Å². The van der Waals surface area contributed by atoms with Gasteiger partial charge in [-0.3, -0.25) is 10.3 Å². The van der Waals surface area contributed by atoms with Gasteiger partial charge in [0.2, 0.25) is 0 Å². The van der Waals surface area contributed by atoms with E-state index in [1.165, 1.54) is 6.42 Å². The van der Waals surface area contributed by atoms with Crippen molar-refractivity contribution < 1.29 is 14.3 Å². The van der Waals surface area contributed by atoms with E-state index in [-0.39, 0.29) is 6.61 Å². The molecule has 0 spiro atoms. The van der Waals surface area contributed by atoms with Crippen LogP contribution in [-0.2, 0) is 11.3 Å². The summed E-state index contributed by atoms with van der Waals surface area (Å²) in [6, 6.07) is 19.7.